The minimum atomic E-state index is -0.229. The highest BCUT2D eigenvalue weighted by molar-refractivity contribution is 5.94. The van der Waals surface area contributed by atoms with Gasteiger partial charge in [0.25, 0.3) is 11.8 Å². The van der Waals surface area contributed by atoms with Crippen LogP contribution in [0, 0.1) is 0 Å². The van der Waals surface area contributed by atoms with Crippen LogP contribution in [0.1, 0.15) is 35.2 Å². The van der Waals surface area contributed by atoms with Crippen molar-refractivity contribution in [2.24, 2.45) is 0 Å². The van der Waals surface area contributed by atoms with Gasteiger partial charge in [-0.1, -0.05) is 30.3 Å². The van der Waals surface area contributed by atoms with Crippen LogP contribution in [0.15, 0.2) is 78.9 Å². The van der Waals surface area contributed by atoms with E-state index < -0.39 is 0 Å². The maximum Gasteiger partial charge on any atom is 0.258 e. The van der Waals surface area contributed by atoms with Crippen LogP contribution < -0.4 is 14.8 Å². The SMILES string of the molecule is O=C(COc1ccc(Oc2ccccc2)cc1)NCc1cccc(C(=O)N2CCCCC2)c1. The number of nitrogens with one attached hydrogen (secondary N) is 1. The predicted octanol–water partition coefficient (Wildman–Crippen LogP) is 4.80. The smallest absolute Gasteiger partial charge is 0.258 e. The van der Waals surface area contributed by atoms with Crippen LogP contribution in [0.2, 0.25) is 0 Å². The molecule has 3 aromatic rings. The molecule has 6 heteroatoms. The molecule has 0 radical (unpaired) electrons. The molecule has 0 aromatic heterocycles. The lowest BCUT2D eigenvalue weighted by atomic mass is 10.1. The fourth-order valence-electron chi connectivity index (χ4n) is 3.72. The zero-order valence-electron chi connectivity index (χ0n) is 18.5. The lowest BCUT2D eigenvalue weighted by Crippen LogP contribution is -2.35. The van der Waals surface area contributed by atoms with E-state index >= 15 is 0 Å². The summed E-state index contributed by atoms with van der Waals surface area (Å²) in [6.07, 6.45) is 3.30. The number of rotatable bonds is 8. The van der Waals surface area contributed by atoms with Gasteiger partial charge < -0.3 is 19.7 Å². The first-order chi connectivity index (χ1) is 16.2. The summed E-state index contributed by atoms with van der Waals surface area (Å²) in [5.41, 5.74) is 1.55. The quantitative estimate of drug-likeness (QED) is 0.542. The van der Waals surface area contributed by atoms with Crippen molar-refractivity contribution in [2.75, 3.05) is 19.7 Å². The molecule has 0 unspecified atom stereocenters. The number of carbonyl (C=O) groups is 2. The van der Waals surface area contributed by atoms with E-state index in [1.165, 1.54) is 6.42 Å². The number of benzene rings is 3. The third kappa shape index (κ3) is 6.59. The van der Waals surface area contributed by atoms with E-state index in [1.54, 1.807) is 24.3 Å². The lowest BCUT2D eigenvalue weighted by molar-refractivity contribution is -0.123. The summed E-state index contributed by atoms with van der Waals surface area (Å²) < 4.78 is 11.3. The fraction of sp³-hybridized carbons (Fsp3) is 0.259. The molecule has 2 amide bonds. The van der Waals surface area contributed by atoms with Crippen molar-refractivity contribution in [3.63, 3.8) is 0 Å². The normalized spacial score (nSPS) is 13.3. The number of hydrogen-bond donors (Lipinski definition) is 1. The summed E-state index contributed by atoms with van der Waals surface area (Å²) in [7, 11) is 0. The summed E-state index contributed by atoms with van der Waals surface area (Å²) in [4.78, 5) is 26.8. The molecule has 1 saturated heterocycles. The van der Waals surface area contributed by atoms with Gasteiger partial charge in [-0.25, -0.2) is 0 Å². The average Bonchev–Trinajstić information content (AvgIpc) is 2.88. The Hall–Kier alpha value is -3.80. The number of piperidine rings is 1. The number of ether oxygens (including phenoxy) is 2. The number of hydrogen-bond acceptors (Lipinski definition) is 4. The van der Waals surface area contributed by atoms with Crippen LogP contribution in [0.4, 0.5) is 0 Å². The summed E-state index contributed by atoms with van der Waals surface area (Å²) in [6.45, 7) is 1.88. The molecule has 0 aliphatic carbocycles. The van der Waals surface area contributed by atoms with Gasteiger partial charge in [0.1, 0.15) is 17.2 Å². The zero-order chi connectivity index (χ0) is 22.9. The molecule has 1 N–H and O–H groups in total. The highest BCUT2D eigenvalue weighted by Crippen LogP contribution is 2.23. The zero-order valence-corrected chi connectivity index (χ0v) is 18.5. The molecule has 33 heavy (non-hydrogen) atoms. The molecular formula is C27H28N2O4. The second-order valence-electron chi connectivity index (χ2n) is 8.01. The molecule has 1 heterocycles. The highest BCUT2D eigenvalue weighted by atomic mass is 16.5. The molecule has 3 aromatic carbocycles. The van der Waals surface area contributed by atoms with Crippen LogP contribution in [0.5, 0.6) is 17.2 Å². The first-order valence-corrected chi connectivity index (χ1v) is 11.3. The Kier molecular flexibility index (Phi) is 7.59. The van der Waals surface area contributed by atoms with E-state index in [0.717, 1.165) is 37.2 Å². The van der Waals surface area contributed by atoms with Gasteiger partial charge in [0.2, 0.25) is 0 Å². The lowest BCUT2D eigenvalue weighted by Gasteiger charge is -2.26. The molecular weight excluding hydrogens is 416 g/mol. The monoisotopic (exact) mass is 444 g/mol. The third-order valence-electron chi connectivity index (χ3n) is 5.48. The highest BCUT2D eigenvalue weighted by Gasteiger charge is 2.18. The van der Waals surface area contributed by atoms with Gasteiger partial charge in [0, 0.05) is 25.2 Å². The topological polar surface area (TPSA) is 67.9 Å². The van der Waals surface area contributed by atoms with Crippen LogP contribution in [-0.2, 0) is 11.3 Å². The second kappa shape index (κ2) is 11.2. The molecule has 0 saturated carbocycles. The standard InChI is InChI=1S/C27H28N2O4/c30-26(20-32-23-12-14-25(15-13-23)33-24-10-3-1-4-11-24)28-19-21-8-7-9-22(18-21)27(31)29-16-5-2-6-17-29/h1,3-4,7-15,18H,2,5-6,16-17,19-20H2,(H,28,30). The van der Waals surface area contributed by atoms with Crippen molar-refractivity contribution >= 4 is 11.8 Å². The Balaban J connectivity index is 1.23. The van der Waals surface area contributed by atoms with Crippen molar-refractivity contribution in [1.29, 1.82) is 0 Å². The van der Waals surface area contributed by atoms with E-state index in [0.29, 0.717) is 23.6 Å². The van der Waals surface area contributed by atoms with Crippen LogP contribution in [0.25, 0.3) is 0 Å². The minimum Gasteiger partial charge on any atom is -0.484 e. The van der Waals surface area contributed by atoms with E-state index in [-0.39, 0.29) is 18.4 Å². The van der Waals surface area contributed by atoms with Crippen LogP contribution >= 0.6 is 0 Å². The van der Waals surface area contributed by atoms with E-state index in [2.05, 4.69) is 5.32 Å². The van der Waals surface area contributed by atoms with Gasteiger partial charge in [-0.3, -0.25) is 9.59 Å². The molecule has 170 valence electrons. The van der Waals surface area contributed by atoms with Crippen LogP contribution in [0.3, 0.4) is 0 Å². The Bertz CT molecular complexity index is 1060. The predicted molar refractivity (Wildman–Crippen MR) is 126 cm³/mol. The summed E-state index contributed by atoms with van der Waals surface area (Å²) in [5, 5.41) is 2.85. The fourth-order valence-corrected chi connectivity index (χ4v) is 3.72. The van der Waals surface area contributed by atoms with E-state index in [4.69, 9.17) is 9.47 Å². The molecule has 1 aliphatic rings. The van der Waals surface area contributed by atoms with Gasteiger partial charge >= 0.3 is 0 Å². The molecule has 4 rings (SSSR count). The van der Waals surface area contributed by atoms with Gasteiger partial charge in [-0.15, -0.1) is 0 Å². The maximum absolute atomic E-state index is 12.7. The van der Waals surface area contributed by atoms with Crippen molar-refractivity contribution < 1.29 is 19.1 Å². The van der Waals surface area contributed by atoms with E-state index in [1.807, 2.05) is 59.5 Å². The summed E-state index contributed by atoms with van der Waals surface area (Å²) >= 11 is 0. The van der Waals surface area contributed by atoms with Crippen LogP contribution in [-0.4, -0.2) is 36.4 Å². The molecule has 0 atom stereocenters. The number of para-hydroxylation sites is 1. The number of carbonyl (C=O) groups excluding carboxylic acids is 2. The molecule has 0 spiro atoms. The molecule has 6 nitrogen and oxygen atoms in total. The Labute approximate surface area is 194 Å². The van der Waals surface area contributed by atoms with Gasteiger partial charge in [0.05, 0.1) is 0 Å². The first kappa shape index (κ1) is 22.4. The van der Waals surface area contributed by atoms with Gasteiger partial charge in [0.15, 0.2) is 6.61 Å². The van der Waals surface area contributed by atoms with Crippen molar-refractivity contribution in [1.82, 2.24) is 10.2 Å². The second-order valence-corrected chi connectivity index (χ2v) is 8.01. The Morgan fingerprint density at radius 2 is 1.48 bits per heavy atom. The number of likely N-dealkylation sites (tertiary alicyclic amines) is 1. The van der Waals surface area contributed by atoms with Gasteiger partial charge in [-0.2, -0.15) is 0 Å². The van der Waals surface area contributed by atoms with Crippen molar-refractivity contribution in [2.45, 2.75) is 25.8 Å². The molecule has 1 fully saturated rings. The third-order valence-corrected chi connectivity index (χ3v) is 5.48. The van der Waals surface area contributed by atoms with Gasteiger partial charge in [-0.05, 0) is 73.4 Å². The number of nitrogens with zero attached hydrogens (tertiary/aromatic N) is 1. The maximum atomic E-state index is 12.7. The first-order valence-electron chi connectivity index (χ1n) is 11.3. The molecule has 1 aliphatic heterocycles. The van der Waals surface area contributed by atoms with Crippen molar-refractivity contribution in [3.8, 4) is 17.2 Å². The minimum absolute atomic E-state index is 0.0610. The average molecular weight is 445 g/mol. The summed E-state index contributed by atoms with van der Waals surface area (Å²) in [6, 6.07) is 24.1. The van der Waals surface area contributed by atoms with Crippen molar-refractivity contribution in [3.05, 3.63) is 90.0 Å². The Morgan fingerprint density at radius 3 is 2.24 bits per heavy atom. The number of amides is 2. The largest absolute Gasteiger partial charge is 0.484 e. The van der Waals surface area contributed by atoms with E-state index in [9.17, 15) is 9.59 Å². The molecule has 0 bridgehead atoms. The summed E-state index contributed by atoms with van der Waals surface area (Å²) in [5.74, 6) is 1.86. The Morgan fingerprint density at radius 1 is 0.788 bits per heavy atom.